The molecule has 1 saturated carbocycles. The van der Waals surface area contributed by atoms with Crippen molar-refractivity contribution in [2.24, 2.45) is 0 Å². The Balaban J connectivity index is 1.44. The van der Waals surface area contributed by atoms with Gasteiger partial charge in [0, 0.05) is 5.39 Å². The van der Waals surface area contributed by atoms with Gasteiger partial charge in [-0.1, -0.05) is 12.1 Å². The molecule has 4 aromatic rings. The van der Waals surface area contributed by atoms with Crippen molar-refractivity contribution in [1.29, 1.82) is 0 Å². The minimum absolute atomic E-state index is 0.353. The fourth-order valence-corrected chi connectivity index (χ4v) is 4.10. The number of aromatic nitrogens is 2. The predicted molar refractivity (Wildman–Crippen MR) is 128 cm³/mol. The first-order valence-corrected chi connectivity index (χ1v) is 11.6. The molecule has 6 nitrogen and oxygen atoms in total. The third-order valence-electron chi connectivity index (χ3n) is 6.40. The van der Waals surface area contributed by atoms with E-state index in [1.165, 1.54) is 24.3 Å². The summed E-state index contributed by atoms with van der Waals surface area (Å²) in [5.41, 5.74) is -0.379. The lowest BCUT2D eigenvalue weighted by Gasteiger charge is -2.27. The smallest absolute Gasteiger partial charge is 0.416 e. The number of nitrogens with one attached hydrogen (secondary N) is 1. The number of alkyl halides is 3. The quantitative estimate of drug-likeness (QED) is 0.328. The highest BCUT2D eigenvalue weighted by atomic mass is 19.4. The van der Waals surface area contributed by atoms with Gasteiger partial charge in [0.05, 0.1) is 29.0 Å². The Morgan fingerprint density at radius 3 is 2.38 bits per heavy atom. The lowest BCUT2D eigenvalue weighted by molar-refractivity contribution is -0.137. The molecular weight excluding hydrogens is 490 g/mol. The number of fused-ring (bicyclic) bond motifs is 1. The zero-order chi connectivity index (χ0) is 26.4. The lowest BCUT2D eigenvalue weighted by atomic mass is 10.0. The number of halogens is 4. The fourth-order valence-electron chi connectivity index (χ4n) is 4.10. The van der Waals surface area contributed by atoms with Crippen LogP contribution in [-0.2, 0) is 11.0 Å². The molecule has 2 N–H and O–H groups in total. The first-order valence-electron chi connectivity index (χ1n) is 11.6. The number of aliphatic hydroxyl groups is 1. The fraction of sp³-hybridized carbons (Fsp3) is 0.259. The Morgan fingerprint density at radius 1 is 1.08 bits per heavy atom. The van der Waals surface area contributed by atoms with Gasteiger partial charge < -0.3 is 15.2 Å². The SMILES string of the molecule is C[C@H](NC(=O)C1(O)CC1)[C@@H](Oc1ccc2c(cnn2-c2ccc(F)cc2)c1)c1ccc(C(F)(F)F)cc1. The molecule has 192 valence electrons. The highest BCUT2D eigenvalue weighted by Crippen LogP contribution is 2.36. The van der Waals surface area contributed by atoms with Crippen molar-refractivity contribution in [3.8, 4) is 11.4 Å². The summed E-state index contributed by atoms with van der Waals surface area (Å²) in [5.74, 6) is -0.501. The number of carbonyl (C=O) groups is 1. The van der Waals surface area contributed by atoms with E-state index < -0.39 is 35.4 Å². The second kappa shape index (κ2) is 9.19. The zero-order valence-corrected chi connectivity index (χ0v) is 19.7. The van der Waals surface area contributed by atoms with E-state index in [9.17, 15) is 27.5 Å². The molecule has 5 rings (SSSR count). The van der Waals surface area contributed by atoms with Gasteiger partial charge in [0.25, 0.3) is 5.91 Å². The van der Waals surface area contributed by atoms with Gasteiger partial charge in [-0.25, -0.2) is 9.07 Å². The summed E-state index contributed by atoms with van der Waals surface area (Å²) >= 11 is 0. The molecule has 10 heteroatoms. The molecule has 0 spiro atoms. The van der Waals surface area contributed by atoms with Gasteiger partial charge in [0.2, 0.25) is 0 Å². The summed E-state index contributed by atoms with van der Waals surface area (Å²) < 4.78 is 60.4. The van der Waals surface area contributed by atoms with Crippen LogP contribution < -0.4 is 10.1 Å². The third-order valence-corrected chi connectivity index (χ3v) is 6.40. The second-order valence-electron chi connectivity index (χ2n) is 9.21. The Bertz CT molecular complexity index is 1430. The molecule has 0 saturated heterocycles. The molecule has 1 fully saturated rings. The minimum atomic E-state index is -4.49. The van der Waals surface area contributed by atoms with Gasteiger partial charge in [-0.05, 0) is 79.9 Å². The number of amides is 1. The topological polar surface area (TPSA) is 76.4 Å². The summed E-state index contributed by atoms with van der Waals surface area (Å²) in [6.07, 6.45) is -3.01. The van der Waals surface area contributed by atoms with E-state index in [0.29, 0.717) is 29.8 Å². The largest absolute Gasteiger partial charge is 0.484 e. The standard InChI is InChI=1S/C27H23F4N3O3/c1-16(33-25(35)26(36)12-13-26)24(17-2-4-19(5-3-17)27(29,30)31)37-22-10-11-23-18(14-22)15-32-34(23)21-8-6-20(28)7-9-21/h2-11,14-16,24,36H,12-13H2,1H3,(H,33,35)/t16-,24+/m0/s1. The summed E-state index contributed by atoms with van der Waals surface area (Å²) in [6.45, 7) is 1.66. The zero-order valence-electron chi connectivity index (χ0n) is 19.7. The molecule has 37 heavy (non-hydrogen) atoms. The van der Waals surface area contributed by atoms with Crippen LogP contribution in [0.15, 0.2) is 72.9 Å². The van der Waals surface area contributed by atoms with Crippen LogP contribution in [0, 0.1) is 5.82 Å². The summed E-state index contributed by atoms with van der Waals surface area (Å²) in [6, 6.07) is 14.9. The summed E-state index contributed by atoms with van der Waals surface area (Å²) in [5, 5.41) is 17.9. The highest BCUT2D eigenvalue weighted by Gasteiger charge is 2.48. The number of benzene rings is 3. The van der Waals surface area contributed by atoms with Crippen molar-refractivity contribution in [3.63, 3.8) is 0 Å². The van der Waals surface area contributed by atoms with E-state index in [1.54, 1.807) is 48.1 Å². The van der Waals surface area contributed by atoms with Gasteiger partial charge in [-0.3, -0.25) is 4.79 Å². The minimum Gasteiger partial charge on any atom is -0.484 e. The number of nitrogens with zero attached hydrogens (tertiary/aromatic N) is 2. The van der Waals surface area contributed by atoms with Gasteiger partial charge in [-0.2, -0.15) is 18.3 Å². The van der Waals surface area contributed by atoms with Gasteiger partial charge >= 0.3 is 6.18 Å². The van der Waals surface area contributed by atoms with Crippen LogP contribution in [0.2, 0.25) is 0 Å². The first kappa shape index (κ1) is 24.8. The predicted octanol–water partition coefficient (Wildman–Crippen LogP) is 5.33. The van der Waals surface area contributed by atoms with Gasteiger partial charge in [0.15, 0.2) is 0 Å². The Labute approximate surface area is 209 Å². The van der Waals surface area contributed by atoms with Crippen molar-refractivity contribution < 1.29 is 32.2 Å². The lowest BCUT2D eigenvalue weighted by Crippen LogP contribution is -2.45. The van der Waals surface area contributed by atoms with E-state index in [-0.39, 0.29) is 5.82 Å². The summed E-state index contributed by atoms with van der Waals surface area (Å²) in [7, 11) is 0. The molecule has 0 bridgehead atoms. The maximum absolute atomic E-state index is 13.3. The van der Waals surface area contributed by atoms with Crippen LogP contribution in [0.25, 0.3) is 16.6 Å². The Hall–Kier alpha value is -3.92. The molecule has 1 amide bonds. The highest BCUT2D eigenvalue weighted by molar-refractivity contribution is 5.88. The number of ether oxygens (including phenoxy) is 1. The second-order valence-corrected chi connectivity index (χ2v) is 9.21. The number of hydrogen-bond donors (Lipinski definition) is 2. The normalized spacial score (nSPS) is 16.3. The first-order chi connectivity index (χ1) is 17.5. The van der Waals surface area contributed by atoms with Crippen LogP contribution in [-0.4, -0.2) is 32.4 Å². The van der Waals surface area contributed by atoms with Crippen LogP contribution in [0.3, 0.4) is 0 Å². The maximum Gasteiger partial charge on any atom is 0.416 e. The Kier molecular flexibility index (Phi) is 6.15. The molecule has 1 aromatic heterocycles. The number of carbonyl (C=O) groups excluding carboxylic acids is 1. The van der Waals surface area contributed by atoms with E-state index in [1.807, 2.05) is 0 Å². The molecule has 0 aliphatic heterocycles. The van der Waals surface area contributed by atoms with Crippen LogP contribution in [0.5, 0.6) is 5.75 Å². The van der Waals surface area contributed by atoms with Crippen molar-refractivity contribution in [1.82, 2.24) is 15.1 Å². The van der Waals surface area contributed by atoms with Gasteiger partial charge in [-0.15, -0.1) is 0 Å². The van der Waals surface area contributed by atoms with E-state index in [4.69, 9.17) is 4.74 Å². The van der Waals surface area contributed by atoms with E-state index >= 15 is 0 Å². The molecule has 1 aliphatic rings. The average Bonchev–Trinajstić information content (AvgIpc) is 3.49. The monoisotopic (exact) mass is 513 g/mol. The van der Waals surface area contributed by atoms with Crippen molar-refractivity contribution in [2.75, 3.05) is 0 Å². The number of hydrogen-bond acceptors (Lipinski definition) is 4. The molecule has 3 aromatic carbocycles. The summed E-state index contributed by atoms with van der Waals surface area (Å²) in [4.78, 5) is 12.4. The molecule has 2 atom stereocenters. The molecule has 0 unspecified atom stereocenters. The van der Waals surface area contributed by atoms with Crippen molar-refractivity contribution in [2.45, 2.75) is 43.7 Å². The maximum atomic E-state index is 13.3. The molecule has 0 radical (unpaired) electrons. The Morgan fingerprint density at radius 2 is 1.76 bits per heavy atom. The van der Waals surface area contributed by atoms with Crippen molar-refractivity contribution in [3.05, 3.63) is 89.9 Å². The van der Waals surface area contributed by atoms with Crippen molar-refractivity contribution >= 4 is 16.8 Å². The number of rotatable bonds is 7. The van der Waals surface area contributed by atoms with Crippen LogP contribution >= 0.6 is 0 Å². The van der Waals surface area contributed by atoms with E-state index in [2.05, 4.69) is 10.4 Å². The molecule has 1 aliphatic carbocycles. The molecule has 1 heterocycles. The third kappa shape index (κ3) is 5.15. The average molecular weight is 513 g/mol. The van der Waals surface area contributed by atoms with E-state index in [0.717, 1.165) is 23.0 Å². The van der Waals surface area contributed by atoms with Gasteiger partial charge in [0.1, 0.15) is 23.3 Å². The van der Waals surface area contributed by atoms with Crippen LogP contribution in [0.4, 0.5) is 17.6 Å². The molecular formula is C27H23F4N3O3. The van der Waals surface area contributed by atoms with Crippen LogP contribution in [0.1, 0.15) is 37.0 Å².